The Morgan fingerprint density at radius 2 is 0.962 bits per heavy atom. The zero-order valence-electron chi connectivity index (χ0n) is 13.9. The summed E-state index contributed by atoms with van der Waals surface area (Å²) in [5.41, 5.74) is 0. The highest BCUT2D eigenvalue weighted by molar-refractivity contribution is 5.69. The third kappa shape index (κ3) is 6.48. The Kier molecular flexibility index (Phi) is 8.84. The van der Waals surface area contributed by atoms with Crippen LogP contribution in [0.3, 0.4) is 0 Å². The zero-order valence-corrected chi connectivity index (χ0v) is 13.9. The molecule has 1 saturated carbocycles. The third-order valence-corrected chi connectivity index (χ3v) is 4.13. The van der Waals surface area contributed by atoms with Gasteiger partial charge in [-0.2, -0.15) is 0 Å². The van der Waals surface area contributed by atoms with Crippen LogP contribution >= 0.6 is 0 Å². The Balaban J connectivity index is 2.86. The summed E-state index contributed by atoms with van der Waals surface area (Å²) in [5, 5.41) is 65.1. The van der Waals surface area contributed by atoms with Gasteiger partial charge in [0.1, 0.15) is 0 Å². The van der Waals surface area contributed by atoms with Gasteiger partial charge in [0.25, 0.3) is 0 Å². The summed E-state index contributed by atoms with van der Waals surface area (Å²) in [7, 11) is 0. The predicted molar refractivity (Wildman–Crippen MR) is 85.5 cm³/mol. The van der Waals surface area contributed by atoms with Crippen LogP contribution in [-0.4, -0.2) is 105 Å². The van der Waals surface area contributed by atoms with Gasteiger partial charge >= 0.3 is 17.9 Å². The summed E-state index contributed by atoms with van der Waals surface area (Å²) in [6.07, 6.45) is -4.74. The van der Waals surface area contributed by atoms with Crippen LogP contribution in [0, 0.1) is 0 Å². The standard InChI is InChI=1S/C14H25N3O9/c18-6(19)1-3-15-9-12(24)10(16-4-2-7(20)21)14(26)11(13(9)25)17-5-8(22)23/h9-17,24-26H,1-5H2,(H,18,19)(H,20,21)(H,22,23)/t9-,10+,11-,12+,13-,14+. The van der Waals surface area contributed by atoms with Gasteiger partial charge in [0.2, 0.25) is 0 Å². The van der Waals surface area contributed by atoms with Crippen molar-refractivity contribution in [2.24, 2.45) is 0 Å². The topological polar surface area (TPSA) is 209 Å². The van der Waals surface area contributed by atoms with Crippen molar-refractivity contribution in [1.29, 1.82) is 0 Å². The van der Waals surface area contributed by atoms with E-state index in [1.807, 2.05) is 0 Å². The van der Waals surface area contributed by atoms with Crippen LogP contribution in [0.1, 0.15) is 12.8 Å². The molecule has 26 heavy (non-hydrogen) atoms. The summed E-state index contributed by atoms with van der Waals surface area (Å²) >= 11 is 0. The Morgan fingerprint density at radius 1 is 0.615 bits per heavy atom. The first-order valence-electron chi connectivity index (χ1n) is 8.05. The number of carboxylic acids is 3. The number of aliphatic hydroxyl groups is 3. The number of nitrogens with one attached hydrogen (secondary N) is 3. The van der Waals surface area contributed by atoms with E-state index in [0.29, 0.717) is 0 Å². The van der Waals surface area contributed by atoms with Crippen molar-refractivity contribution in [3.8, 4) is 0 Å². The molecule has 0 spiro atoms. The van der Waals surface area contributed by atoms with Crippen LogP contribution in [0.5, 0.6) is 0 Å². The Bertz CT molecular complexity index is 470. The number of aliphatic carboxylic acids is 3. The van der Waals surface area contributed by atoms with E-state index in [1.165, 1.54) is 0 Å². The highest BCUT2D eigenvalue weighted by Gasteiger charge is 2.48. The normalized spacial score (nSPS) is 31.5. The highest BCUT2D eigenvalue weighted by Crippen LogP contribution is 2.22. The molecule has 1 aliphatic rings. The second-order valence-electron chi connectivity index (χ2n) is 6.02. The first-order valence-corrected chi connectivity index (χ1v) is 8.05. The molecule has 0 aliphatic heterocycles. The molecule has 0 radical (unpaired) electrons. The fourth-order valence-corrected chi connectivity index (χ4v) is 2.90. The number of aliphatic hydroxyl groups excluding tert-OH is 3. The molecule has 0 aromatic heterocycles. The van der Waals surface area contributed by atoms with Crippen molar-refractivity contribution < 1.29 is 45.0 Å². The molecule has 12 nitrogen and oxygen atoms in total. The van der Waals surface area contributed by atoms with Gasteiger partial charge in [-0.1, -0.05) is 0 Å². The average molecular weight is 379 g/mol. The van der Waals surface area contributed by atoms with Crippen LogP contribution in [0.15, 0.2) is 0 Å². The molecule has 6 atom stereocenters. The first kappa shape index (κ1) is 22.2. The van der Waals surface area contributed by atoms with E-state index in [4.69, 9.17) is 15.3 Å². The predicted octanol–water partition coefficient (Wildman–Crippen LogP) is -4.01. The summed E-state index contributed by atoms with van der Waals surface area (Å²) in [6.45, 7) is -0.700. The highest BCUT2D eigenvalue weighted by atomic mass is 16.4. The maximum atomic E-state index is 10.7. The van der Waals surface area contributed by atoms with Crippen LogP contribution in [0.4, 0.5) is 0 Å². The molecule has 9 N–H and O–H groups in total. The van der Waals surface area contributed by atoms with Gasteiger partial charge in [-0.3, -0.25) is 19.7 Å². The Hall–Kier alpha value is -1.83. The smallest absolute Gasteiger partial charge is 0.317 e. The molecule has 0 saturated heterocycles. The number of rotatable bonds is 11. The van der Waals surface area contributed by atoms with E-state index in [9.17, 15) is 29.7 Å². The minimum Gasteiger partial charge on any atom is -0.481 e. The molecule has 1 rings (SSSR count). The summed E-state index contributed by atoms with van der Waals surface area (Å²) < 4.78 is 0. The fraction of sp³-hybridized carbons (Fsp3) is 0.786. The minimum absolute atomic E-state index is 0.0717. The molecular weight excluding hydrogens is 354 g/mol. The van der Waals surface area contributed by atoms with Gasteiger partial charge in [0, 0.05) is 13.1 Å². The van der Waals surface area contributed by atoms with Gasteiger partial charge in [-0.05, 0) is 0 Å². The minimum atomic E-state index is -1.41. The van der Waals surface area contributed by atoms with Crippen LogP contribution in [0.2, 0.25) is 0 Å². The molecule has 150 valence electrons. The fourth-order valence-electron chi connectivity index (χ4n) is 2.90. The molecule has 12 heteroatoms. The lowest BCUT2D eigenvalue weighted by atomic mass is 9.79. The molecule has 0 bridgehead atoms. The lowest BCUT2D eigenvalue weighted by Gasteiger charge is -2.47. The molecule has 1 aliphatic carbocycles. The number of hydrogen-bond acceptors (Lipinski definition) is 9. The lowest BCUT2D eigenvalue weighted by Crippen LogP contribution is -2.74. The van der Waals surface area contributed by atoms with E-state index in [-0.39, 0.29) is 25.9 Å². The van der Waals surface area contributed by atoms with E-state index in [2.05, 4.69) is 16.0 Å². The molecule has 0 heterocycles. The summed E-state index contributed by atoms with van der Waals surface area (Å²) in [4.78, 5) is 32.0. The van der Waals surface area contributed by atoms with E-state index >= 15 is 0 Å². The number of hydrogen-bond donors (Lipinski definition) is 9. The molecule has 0 aromatic carbocycles. The number of carboxylic acid groups (broad SMARTS) is 3. The van der Waals surface area contributed by atoms with E-state index in [1.54, 1.807) is 0 Å². The van der Waals surface area contributed by atoms with Crippen molar-refractivity contribution in [2.45, 2.75) is 49.3 Å². The van der Waals surface area contributed by atoms with Crippen LogP contribution < -0.4 is 16.0 Å². The monoisotopic (exact) mass is 379 g/mol. The van der Waals surface area contributed by atoms with E-state index < -0.39 is 60.9 Å². The summed E-state index contributed by atoms with van der Waals surface area (Å²) in [6, 6.07) is -3.27. The van der Waals surface area contributed by atoms with Crippen LogP contribution in [0.25, 0.3) is 0 Å². The second kappa shape index (κ2) is 10.4. The zero-order chi connectivity index (χ0) is 19.9. The van der Waals surface area contributed by atoms with E-state index in [0.717, 1.165) is 0 Å². The van der Waals surface area contributed by atoms with Crippen molar-refractivity contribution in [1.82, 2.24) is 16.0 Å². The van der Waals surface area contributed by atoms with Gasteiger partial charge in [0.15, 0.2) is 0 Å². The third-order valence-electron chi connectivity index (χ3n) is 4.13. The second-order valence-corrected chi connectivity index (χ2v) is 6.02. The lowest BCUT2D eigenvalue weighted by molar-refractivity contribution is -0.139. The first-order chi connectivity index (χ1) is 12.1. The number of carbonyl (C=O) groups is 3. The average Bonchev–Trinajstić information content (AvgIpc) is 2.53. The quantitative estimate of drug-likeness (QED) is 0.168. The molecule has 0 unspecified atom stereocenters. The van der Waals surface area contributed by atoms with Gasteiger partial charge < -0.3 is 41.3 Å². The van der Waals surface area contributed by atoms with Crippen molar-refractivity contribution in [3.05, 3.63) is 0 Å². The Labute approximate surface area is 148 Å². The van der Waals surface area contributed by atoms with Gasteiger partial charge in [0.05, 0.1) is 55.8 Å². The van der Waals surface area contributed by atoms with Crippen LogP contribution in [-0.2, 0) is 14.4 Å². The van der Waals surface area contributed by atoms with Gasteiger partial charge in [-0.25, -0.2) is 0 Å². The van der Waals surface area contributed by atoms with Crippen molar-refractivity contribution in [2.75, 3.05) is 19.6 Å². The SMILES string of the molecule is O=C(O)CCN[C@@H]1[C@H](O)[C@H](NCCC(=O)O)[C@H](O)[C@H](NCC(=O)O)[C@@H]1O. The maximum Gasteiger partial charge on any atom is 0.317 e. The molecular formula is C14H25N3O9. The maximum absolute atomic E-state index is 10.7. The molecule has 0 aromatic rings. The molecule has 1 fully saturated rings. The Morgan fingerprint density at radius 3 is 1.27 bits per heavy atom. The summed E-state index contributed by atoms with van der Waals surface area (Å²) in [5.74, 6) is -3.40. The largest absolute Gasteiger partial charge is 0.481 e. The molecule has 0 amide bonds. The van der Waals surface area contributed by atoms with Gasteiger partial charge in [-0.15, -0.1) is 0 Å². The van der Waals surface area contributed by atoms with Crippen molar-refractivity contribution in [3.63, 3.8) is 0 Å². The van der Waals surface area contributed by atoms with Crippen molar-refractivity contribution >= 4 is 17.9 Å².